The first-order valence-corrected chi connectivity index (χ1v) is 8.38. The molecule has 0 aliphatic rings. The summed E-state index contributed by atoms with van der Waals surface area (Å²) >= 11 is 0. The van der Waals surface area contributed by atoms with Crippen LogP contribution in [0.25, 0.3) is 22.3 Å². The average Bonchev–Trinajstić information content (AvgIpc) is 2.70. The fourth-order valence-electron chi connectivity index (χ4n) is 2.78. The fraction of sp³-hybridized carbons (Fsp3) is 0. The van der Waals surface area contributed by atoms with Gasteiger partial charge in [0.2, 0.25) is 0 Å². The molecule has 0 bridgehead atoms. The third kappa shape index (κ3) is 3.46. The van der Waals surface area contributed by atoms with Gasteiger partial charge < -0.3 is 24.5 Å². The summed E-state index contributed by atoms with van der Waals surface area (Å²) in [5, 5.41) is 29.2. The first-order valence-electron chi connectivity index (χ1n) is 8.38. The van der Waals surface area contributed by atoms with Gasteiger partial charge in [-0.1, -0.05) is 0 Å². The zero-order chi connectivity index (χ0) is 20.5. The van der Waals surface area contributed by atoms with Crippen LogP contribution in [0.5, 0.6) is 23.0 Å². The van der Waals surface area contributed by atoms with Gasteiger partial charge in [-0.2, -0.15) is 0 Å². The molecule has 2 heterocycles. The lowest BCUT2D eigenvalue weighted by Gasteiger charge is -2.09. The van der Waals surface area contributed by atoms with E-state index >= 15 is 0 Å². The molecular formula is C21H13NO7. The van der Waals surface area contributed by atoms with Crippen molar-refractivity contribution in [3.05, 3.63) is 76.7 Å². The lowest BCUT2D eigenvalue weighted by Crippen LogP contribution is -2.09. The molecule has 8 nitrogen and oxygen atoms in total. The van der Waals surface area contributed by atoms with Crippen LogP contribution < -0.4 is 10.2 Å². The molecule has 0 amide bonds. The summed E-state index contributed by atoms with van der Waals surface area (Å²) in [4.78, 5) is 28.5. The number of aromatic nitrogens is 1. The maximum atomic E-state index is 12.5. The van der Waals surface area contributed by atoms with E-state index in [1.54, 1.807) is 0 Å². The minimum Gasteiger partial charge on any atom is -0.507 e. The number of phenols is 3. The number of phenolic OH excluding ortho intramolecular Hbond substituents is 3. The maximum Gasteiger partial charge on any atom is 0.343 e. The Hall–Kier alpha value is -4.33. The Balaban J connectivity index is 1.78. The Kier molecular flexibility index (Phi) is 4.36. The molecule has 2 aromatic heterocycles. The molecule has 3 N–H and O–H groups in total. The van der Waals surface area contributed by atoms with Crippen LogP contribution in [0.2, 0.25) is 0 Å². The molecule has 144 valence electrons. The van der Waals surface area contributed by atoms with Gasteiger partial charge in [0.15, 0.2) is 16.9 Å². The van der Waals surface area contributed by atoms with E-state index < -0.39 is 17.1 Å². The van der Waals surface area contributed by atoms with Crippen molar-refractivity contribution in [2.45, 2.75) is 0 Å². The highest BCUT2D eigenvalue weighted by molar-refractivity contribution is 5.92. The summed E-state index contributed by atoms with van der Waals surface area (Å²) in [6.07, 6.45) is 2.87. The molecule has 29 heavy (non-hydrogen) atoms. The Morgan fingerprint density at radius 2 is 1.66 bits per heavy atom. The van der Waals surface area contributed by atoms with E-state index in [2.05, 4.69) is 4.98 Å². The highest BCUT2D eigenvalue weighted by atomic mass is 16.5. The van der Waals surface area contributed by atoms with Gasteiger partial charge in [-0.15, -0.1) is 0 Å². The number of fused-ring (bicyclic) bond motifs is 1. The van der Waals surface area contributed by atoms with Crippen molar-refractivity contribution >= 4 is 16.9 Å². The number of carbonyl (C=O) groups excluding carboxylic acids is 1. The van der Waals surface area contributed by atoms with Crippen molar-refractivity contribution in [3.63, 3.8) is 0 Å². The van der Waals surface area contributed by atoms with Gasteiger partial charge in [-0.05, 0) is 30.3 Å². The van der Waals surface area contributed by atoms with Gasteiger partial charge in [0.1, 0.15) is 28.2 Å². The number of benzene rings is 2. The highest BCUT2D eigenvalue weighted by Gasteiger charge is 2.16. The first-order chi connectivity index (χ1) is 13.9. The molecule has 0 saturated carbocycles. The topological polar surface area (TPSA) is 130 Å². The zero-order valence-corrected chi connectivity index (χ0v) is 14.7. The molecule has 0 aliphatic heterocycles. The molecule has 0 fully saturated rings. The average molecular weight is 391 g/mol. The SMILES string of the molecule is O=C(Oc1cc(O)c2c(=O)cc(-c3ccc(O)c(O)c3)oc2c1)c1ccncc1. The summed E-state index contributed by atoms with van der Waals surface area (Å²) in [5.41, 5.74) is 0.0447. The lowest BCUT2D eigenvalue weighted by molar-refractivity contribution is 0.0734. The largest absolute Gasteiger partial charge is 0.507 e. The molecule has 4 rings (SSSR count). The smallest absolute Gasteiger partial charge is 0.343 e. The second-order valence-corrected chi connectivity index (χ2v) is 6.12. The van der Waals surface area contributed by atoms with Gasteiger partial charge in [0.25, 0.3) is 0 Å². The Labute approximate surface area is 162 Å². The van der Waals surface area contributed by atoms with E-state index in [1.165, 1.54) is 48.8 Å². The molecule has 0 unspecified atom stereocenters. The van der Waals surface area contributed by atoms with Crippen molar-refractivity contribution in [1.29, 1.82) is 0 Å². The number of carbonyl (C=O) groups is 1. The Bertz CT molecular complexity index is 1300. The lowest BCUT2D eigenvalue weighted by atomic mass is 10.1. The number of hydrogen-bond donors (Lipinski definition) is 3. The predicted molar refractivity (Wildman–Crippen MR) is 102 cm³/mol. The van der Waals surface area contributed by atoms with Crippen LogP contribution in [0, 0.1) is 0 Å². The van der Waals surface area contributed by atoms with Crippen molar-refractivity contribution in [2.75, 3.05) is 0 Å². The van der Waals surface area contributed by atoms with Gasteiger partial charge in [-0.3, -0.25) is 9.78 Å². The minimum atomic E-state index is -0.673. The van der Waals surface area contributed by atoms with Crippen molar-refractivity contribution in [3.8, 4) is 34.3 Å². The predicted octanol–water partition coefficient (Wildman–Crippen LogP) is 3.19. The van der Waals surface area contributed by atoms with E-state index in [4.69, 9.17) is 9.15 Å². The highest BCUT2D eigenvalue weighted by Crippen LogP contribution is 2.34. The van der Waals surface area contributed by atoms with E-state index in [0.29, 0.717) is 5.56 Å². The molecule has 0 spiro atoms. The van der Waals surface area contributed by atoms with Crippen LogP contribution in [-0.4, -0.2) is 26.3 Å². The Morgan fingerprint density at radius 3 is 2.38 bits per heavy atom. The van der Waals surface area contributed by atoms with Crippen molar-refractivity contribution in [1.82, 2.24) is 4.98 Å². The number of nitrogens with zero attached hydrogens (tertiary/aromatic N) is 1. The molecule has 0 aliphatic carbocycles. The molecule has 0 atom stereocenters. The third-order valence-corrected chi connectivity index (χ3v) is 4.17. The summed E-state index contributed by atoms with van der Waals surface area (Å²) in [6, 6.07) is 10.5. The maximum absolute atomic E-state index is 12.5. The summed E-state index contributed by atoms with van der Waals surface area (Å²) in [5.74, 6) is -1.71. The van der Waals surface area contributed by atoms with Gasteiger partial charge in [0, 0.05) is 36.2 Å². The van der Waals surface area contributed by atoms with Gasteiger partial charge in [0.05, 0.1) is 5.56 Å². The fourth-order valence-corrected chi connectivity index (χ4v) is 2.78. The van der Waals surface area contributed by atoms with E-state index in [0.717, 1.165) is 12.1 Å². The number of pyridine rings is 1. The second kappa shape index (κ2) is 7.01. The van der Waals surface area contributed by atoms with E-state index in [1.807, 2.05) is 0 Å². The molecular weight excluding hydrogens is 378 g/mol. The normalized spacial score (nSPS) is 10.8. The van der Waals surface area contributed by atoms with Crippen LogP contribution in [0.1, 0.15) is 10.4 Å². The zero-order valence-electron chi connectivity index (χ0n) is 14.7. The number of rotatable bonds is 3. The van der Waals surface area contributed by atoms with Crippen LogP contribution in [0.4, 0.5) is 0 Å². The molecule has 0 radical (unpaired) electrons. The van der Waals surface area contributed by atoms with Crippen molar-refractivity contribution in [2.24, 2.45) is 0 Å². The summed E-state index contributed by atoms with van der Waals surface area (Å²) in [7, 11) is 0. The number of ether oxygens (including phenoxy) is 1. The molecule has 2 aromatic carbocycles. The van der Waals surface area contributed by atoms with Crippen molar-refractivity contribution < 1.29 is 29.3 Å². The number of esters is 1. The van der Waals surface area contributed by atoms with Gasteiger partial charge in [-0.25, -0.2) is 4.79 Å². The minimum absolute atomic E-state index is 0.0161. The van der Waals surface area contributed by atoms with Crippen LogP contribution in [0.3, 0.4) is 0 Å². The van der Waals surface area contributed by atoms with Crippen LogP contribution in [-0.2, 0) is 0 Å². The molecule has 8 heteroatoms. The monoisotopic (exact) mass is 391 g/mol. The standard InChI is InChI=1S/C21H13NO7/c23-14-2-1-12(7-15(14)24)18-10-17(26)20-16(25)8-13(9-19(20)29-18)28-21(27)11-3-5-22-6-4-11/h1-10,23-25H. The third-order valence-electron chi connectivity index (χ3n) is 4.17. The number of hydrogen-bond acceptors (Lipinski definition) is 8. The number of aromatic hydroxyl groups is 3. The molecule has 0 saturated heterocycles. The summed E-state index contributed by atoms with van der Waals surface area (Å²) < 4.78 is 10.9. The van der Waals surface area contributed by atoms with E-state index in [-0.39, 0.29) is 39.5 Å². The van der Waals surface area contributed by atoms with Crippen LogP contribution in [0.15, 0.2) is 70.1 Å². The quantitative estimate of drug-likeness (QED) is 0.276. The first kappa shape index (κ1) is 18.1. The molecule has 4 aromatic rings. The summed E-state index contributed by atoms with van der Waals surface area (Å²) in [6.45, 7) is 0. The van der Waals surface area contributed by atoms with Crippen LogP contribution >= 0.6 is 0 Å². The van der Waals surface area contributed by atoms with Gasteiger partial charge >= 0.3 is 5.97 Å². The second-order valence-electron chi connectivity index (χ2n) is 6.12. The van der Waals surface area contributed by atoms with E-state index in [9.17, 15) is 24.9 Å². The Morgan fingerprint density at radius 1 is 0.897 bits per heavy atom.